The zero-order chi connectivity index (χ0) is 35.6. The fourth-order valence-electron chi connectivity index (χ4n) is 8.39. The van der Waals surface area contributed by atoms with Gasteiger partial charge in [0, 0.05) is 27.8 Å². The van der Waals surface area contributed by atoms with Crippen molar-refractivity contribution in [3.8, 4) is 22.3 Å². The molecule has 0 N–H and O–H groups in total. The monoisotopic (exact) mass is 687 g/mol. The highest BCUT2D eigenvalue weighted by Gasteiger charge is 2.20. The SMILES string of the molecule is c1ccc(-c2ccc(N(c3cc(-c4cc5ccccc5c5ccccc45)c4ccccc4c3)c3ccc4oc5cc6ccccc6cc5c4c3)cc2)cc1. The van der Waals surface area contributed by atoms with Gasteiger partial charge in [-0.05, 0) is 126 Å². The predicted molar refractivity (Wildman–Crippen MR) is 229 cm³/mol. The number of nitrogens with zero attached hydrogens (tertiary/aromatic N) is 1. The van der Waals surface area contributed by atoms with Crippen molar-refractivity contribution in [1.29, 1.82) is 0 Å². The van der Waals surface area contributed by atoms with Gasteiger partial charge in [0.15, 0.2) is 0 Å². The number of benzene rings is 10. The molecule has 10 aromatic carbocycles. The van der Waals surface area contributed by atoms with Crippen molar-refractivity contribution in [2.75, 3.05) is 4.90 Å². The van der Waals surface area contributed by atoms with Crippen LogP contribution in [0.5, 0.6) is 0 Å². The third-order valence-corrected chi connectivity index (χ3v) is 11.0. The third-order valence-electron chi connectivity index (χ3n) is 11.0. The number of anilines is 3. The molecule has 0 aliphatic heterocycles. The highest BCUT2D eigenvalue weighted by Crippen LogP contribution is 2.45. The van der Waals surface area contributed by atoms with E-state index in [-0.39, 0.29) is 0 Å². The van der Waals surface area contributed by atoms with Crippen LogP contribution >= 0.6 is 0 Å². The van der Waals surface area contributed by atoms with Gasteiger partial charge in [0.25, 0.3) is 0 Å². The summed E-state index contributed by atoms with van der Waals surface area (Å²) in [6.45, 7) is 0. The van der Waals surface area contributed by atoms with E-state index in [0.717, 1.165) is 39.0 Å². The molecule has 1 aromatic heterocycles. The Morgan fingerprint density at radius 2 is 0.833 bits per heavy atom. The Morgan fingerprint density at radius 1 is 0.278 bits per heavy atom. The average molecular weight is 688 g/mol. The van der Waals surface area contributed by atoms with Gasteiger partial charge in [-0.1, -0.05) is 140 Å². The van der Waals surface area contributed by atoms with Crippen LogP contribution in [0, 0.1) is 0 Å². The summed E-state index contributed by atoms with van der Waals surface area (Å²) >= 11 is 0. The molecule has 0 aliphatic carbocycles. The molecule has 0 unspecified atom stereocenters. The Balaban J connectivity index is 1.17. The molecule has 0 atom stereocenters. The van der Waals surface area contributed by atoms with Gasteiger partial charge in [0.1, 0.15) is 11.2 Å². The van der Waals surface area contributed by atoms with Crippen LogP contribution in [-0.4, -0.2) is 0 Å². The molecule has 252 valence electrons. The van der Waals surface area contributed by atoms with E-state index in [9.17, 15) is 0 Å². The molecule has 1 heterocycles. The van der Waals surface area contributed by atoms with Crippen LogP contribution in [-0.2, 0) is 0 Å². The molecule has 0 radical (unpaired) electrons. The van der Waals surface area contributed by atoms with Crippen molar-refractivity contribution < 1.29 is 4.42 Å². The first kappa shape index (κ1) is 30.5. The molecule has 0 bridgehead atoms. The van der Waals surface area contributed by atoms with Crippen LogP contribution in [0.25, 0.3) is 87.3 Å². The zero-order valence-corrected chi connectivity index (χ0v) is 29.4. The largest absolute Gasteiger partial charge is 0.456 e. The second-order valence-electron chi connectivity index (χ2n) is 14.1. The highest BCUT2D eigenvalue weighted by molar-refractivity contribution is 6.17. The number of rotatable bonds is 5. The van der Waals surface area contributed by atoms with Gasteiger partial charge < -0.3 is 9.32 Å². The molecule has 0 aliphatic rings. The summed E-state index contributed by atoms with van der Waals surface area (Å²) in [6, 6.07) is 72.5. The maximum Gasteiger partial charge on any atom is 0.136 e. The van der Waals surface area contributed by atoms with Crippen molar-refractivity contribution in [2.45, 2.75) is 0 Å². The van der Waals surface area contributed by atoms with Gasteiger partial charge >= 0.3 is 0 Å². The summed E-state index contributed by atoms with van der Waals surface area (Å²) in [5, 5.41) is 12.0. The van der Waals surface area contributed by atoms with Crippen LogP contribution in [0.3, 0.4) is 0 Å². The Kier molecular flexibility index (Phi) is 6.90. The number of hydrogen-bond donors (Lipinski definition) is 0. The maximum absolute atomic E-state index is 6.46. The van der Waals surface area contributed by atoms with Gasteiger partial charge in [-0.15, -0.1) is 0 Å². The summed E-state index contributed by atoms with van der Waals surface area (Å²) in [6.07, 6.45) is 0. The molecule has 0 amide bonds. The molecular weight excluding hydrogens is 655 g/mol. The van der Waals surface area contributed by atoms with Crippen LogP contribution in [0.15, 0.2) is 205 Å². The fraction of sp³-hybridized carbons (Fsp3) is 0. The smallest absolute Gasteiger partial charge is 0.136 e. The summed E-state index contributed by atoms with van der Waals surface area (Å²) in [5.41, 5.74) is 9.83. The van der Waals surface area contributed by atoms with Crippen molar-refractivity contribution in [3.63, 3.8) is 0 Å². The van der Waals surface area contributed by atoms with E-state index in [1.165, 1.54) is 65.3 Å². The minimum absolute atomic E-state index is 0.880. The van der Waals surface area contributed by atoms with Crippen LogP contribution < -0.4 is 4.90 Å². The van der Waals surface area contributed by atoms with Crippen molar-refractivity contribution in [1.82, 2.24) is 0 Å². The van der Waals surface area contributed by atoms with E-state index in [0.29, 0.717) is 0 Å². The van der Waals surface area contributed by atoms with Crippen LogP contribution in [0.2, 0.25) is 0 Å². The maximum atomic E-state index is 6.46. The summed E-state index contributed by atoms with van der Waals surface area (Å²) in [4.78, 5) is 2.40. The van der Waals surface area contributed by atoms with Gasteiger partial charge in [-0.25, -0.2) is 0 Å². The molecule has 0 fully saturated rings. The number of furan rings is 1. The summed E-state index contributed by atoms with van der Waals surface area (Å²) < 4.78 is 6.46. The Hall–Kier alpha value is -7.16. The molecule has 11 aromatic rings. The number of hydrogen-bond acceptors (Lipinski definition) is 2. The summed E-state index contributed by atoms with van der Waals surface area (Å²) in [7, 11) is 0. The van der Waals surface area contributed by atoms with Gasteiger partial charge in [-0.2, -0.15) is 0 Å². The molecule has 0 spiro atoms. The van der Waals surface area contributed by atoms with Crippen LogP contribution in [0.4, 0.5) is 17.1 Å². The Labute approximate surface area is 312 Å². The van der Waals surface area contributed by atoms with Crippen molar-refractivity contribution in [3.05, 3.63) is 200 Å². The first-order valence-corrected chi connectivity index (χ1v) is 18.5. The standard InChI is InChI=1S/C52H33NO/c1-2-12-34(13-3-1)35-22-24-40(25-23-35)53(41-26-27-51-50(32-41)49-29-36-14-4-5-15-37(36)31-52(49)54-51)42-28-38-16-6-9-19-44(38)48(33-42)47-30-39-17-7-8-18-43(39)45-20-10-11-21-46(45)47/h1-33H. The average Bonchev–Trinajstić information content (AvgIpc) is 3.59. The quantitative estimate of drug-likeness (QED) is 0.168. The van der Waals surface area contributed by atoms with Crippen molar-refractivity contribution >= 4 is 82.1 Å². The van der Waals surface area contributed by atoms with Crippen molar-refractivity contribution in [2.24, 2.45) is 0 Å². The van der Waals surface area contributed by atoms with E-state index in [1.54, 1.807) is 0 Å². The Morgan fingerprint density at radius 3 is 1.61 bits per heavy atom. The molecule has 54 heavy (non-hydrogen) atoms. The molecule has 0 saturated carbocycles. The molecule has 11 rings (SSSR count). The molecular formula is C52H33NO. The van der Waals surface area contributed by atoms with Gasteiger partial charge in [-0.3, -0.25) is 0 Å². The van der Waals surface area contributed by atoms with E-state index in [1.807, 2.05) is 0 Å². The second-order valence-corrected chi connectivity index (χ2v) is 14.1. The second kappa shape index (κ2) is 12.2. The number of fused-ring (bicyclic) bond motifs is 8. The van der Waals surface area contributed by atoms with E-state index >= 15 is 0 Å². The lowest BCUT2D eigenvalue weighted by Crippen LogP contribution is -2.10. The predicted octanol–water partition coefficient (Wildman–Crippen LogP) is 15.0. The zero-order valence-electron chi connectivity index (χ0n) is 29.4. The highest BCUT2D eigenvalue weighted by atomic mass is 16.3. The topological polar surface area (TPSA) is 16.4 Å². The minimum Gasteiger partial charge on any atom is -0.456 e. The first-order valence-electron chi connectivity index (χ1n) is 18.5. The first-order chi connectivity index (χ1) is 26.7. The van der Waals surface area contributed by atoms with E-state index in [4.69, 9.17) is 4.42 Å². The lowest BCUT2D eigenvalue weighted by Gasteiger charge is -2.27. The van der Waals surface area contributed by atoms with Crippen LogP contribution in [0.1, 0.15) is 0 Å². The van der Waals surface area contributed by atoms with Gasteiger partial charge in [0.2, 0.25) is 0 Å². The lowest BCUT2D eigenvalue weighted by molar-refractivity contribution is 0.669. The van der Waals surface area contributed by atoms with E-state index < -0.39 is 0 Å². The lowest BCUT2D eigenvalue weighted by atomic mass is 9.90. The fourth-order valence-corrected chi connectivity index (χ4v) is 8.39. The molecule has 2 nitrogen and oxygen atoms in total. The normalized spacial score (nSPS) is 11.7. The molecule has 2 heteroatoms. The Bertz CT molecular complexity index is 3210. The third kappa shape index (κ3) is 4.96. The van der Waals surface area contributed by atoms with Gasteiger partial charge in [0.05, 0.1) is 0 Å². The molecule has 0 saturated heterocycles. The minimum atomic E-state index is 0.880. The van der Waals surface area contributed by atoms with E-state index in [2.05, 4.69) is 205 Å². The summed E-state index contributed by atoms with van der Waals surface area (Å²) in [5.74, 6) is 0.